The molecule has 3 heteroatoms. The molecule has 0 amide bonds. The van der Waals surface area contributed by atoms with Gasteiger partial charge in [0.15, 0.2) is 0 Å². The van der Waals surface area contributed by atoms with E-state index in [4.69, 9.17) is 17.3 Å². The average Bonchev–Trinajstić information content (AvgIpc) is 2.64. The van der Waals surface area contributed by atoms with Crippen molar-refractivity contribution in [2.45, 2.75) is 64.5 Å². The first-order valence-electron chi connectivity index (χ1n) is 7.92. The second-order valence-electron chi connectivity index (χ2n) is 6.04. The van der Waals surface area contributed by atoms with E-state index in [9.17, 15) is 0 Å². The SMILES string of the molecule is CCC(N)Cc1cc(Cl)ccc1N1CCCCCC1C. The number of rotatable bonds is 4. The maximum atomic E-state index is 6.19. The maximum Gasteiger partial charge on any atom is 0.0410 e. The molecular weight excluding hydrogens is 268 g/mol. The summed E-state index contributed by atoms with van der Waals surface area (Å²) in [5, 5.41) is 0.814. The molecule has 2 unspecified atom stereocenters. The van der Waals surface area contributed by atoms with Gasteiger partial charge >= 0.3 is 0 Å². The Bertz CT molecular complexity index is 433. The Balaban J connectivity index is 2.28. The van der Waals surface area contributed by atoms with Crippen molar-refractivity contribution in [3.8, 4) is 0 Å². The van der Waals surface area contributed by atoms with E-state index >= 15 is 0 Å². The van der Waals surface area contributed by atoms with Crippen LogP contribution >= 0.6 is 11.6 Å². The molecule has 0 aromatic heterocycles. The number of nitrogens with two attached hydrogens (primary N) is 1. The summed E-state index contributed by atoms with van der Waals surface area (Å²) in [6.45, 7) is 5.63. The van der Waals surface area contributed by atoms with Crippen molar-refractivity contribution >= 4 is 17.3 Å². The van der Waals surface area contributed by atoms with Gasteiger partial charge in [-0.05, 0) is 56.4 Å². The van der Waals surface area contributed by atoms with Crippen LogP contribution in [0.3, 0.4) is 0 Å². The van der Waals surface area contributed by atoms with Gasteiger partial charge in [-0.25, -0.2) is 0 Å². The highest BCUT2D eigenvalue weighted by Gasteiger charge is 2.20. The van der Waals surface area contributed by atoms with Crippen LogP contribution in [0.5, 0.6) is 0 Å². The Morgan fingerprint density at radius 1 is 1.35 bits per heavy atom. The molecule has 112 valence electrons. The van der Waals surface area contributed by atoms with Crippen LogP contribution in [-0.2, 0) is 6.42 Å². The Labute approximate surface area is 128 Å². The zero-order valence-corrected chi connectivity index (χ0v) is 13.5. The van der Waals surface area contributed by atoms with Crippen LogP contribution in [-0.4, -0.2) is 18.6 Å². The molecule has 1 fully saturated rings. The van der Waals surface area contributed by atoms with Crippen molar-refractivity contribution in [3.63, 3.8) is 0 Å². The molecule has 1 aliphatic heterocycles. The summed E-state index contributed by atoms with van der Waals surface area (Å²) in [5.41, 5.74) is 8.80. The van der Waals surface area contributed by atoms with Crippen LogP contribution in [0.4, 0.5) is 5.69 Å². The monoisotopic (exact) mass is 294 g/mol. The molecule has 0 spiro atoms. The Morgan fingerprint density at radius 3 is 2.90 bits per heavy atom. The normalized spacial score (nSPS) is 21.6. The molecule has 0 bridgehead atoms. The van der Waals surface area contributed by atoms with Crippen molar-refractivity contribution in [2.24, 2.45) is 5.73 Å². The van der Waals surface area contributed by atoms with E-state index in [0.717, 1.165) is 24.4 Å². The fourth-order valence-electron chi connectivity index (χ4n) is 3.06. The van der Waals surface area contributed by atoms with E-state index in [2.05, 4.69) is 30.9 Å². The molecule has 2 rings (SSSR count). The van der Waals surface area contributed by atoms with Crippen LogP contribution in [0.2, 0.25) is 5.02 Å². The van der Waals surface area contributed by atoms with Crippen molar-refractivity contribution in [1.82, 2.24) is 0 Å². The third-order valence-electron chi connectivity index (χ3n) is 4.41. The zero-order valence-electron chi connectivity index (χ0n) is 12.7. The minimum Gasteiger partial charge on any atom is -0.369 e. The molecule has 0 radical (unpaired) electrons. The van der Waals surface area contributed by atoms with Crippen LogP contribution in [0.15, 0.2) is 18.2 Å². The highest BCUT2D eigenvalue weighted by molar-refractivity contribution is 6.30. The predicted molar refractivity (Wildman–Crippen MR) is 88.7 cm³/mol. The molecular formula is C17H27ClN2. The first-order valence-corrected chi connectivity index (χ1v) is 8.30. The van der Waals surface area contributed by atoms with E-state index < -0.39 is 0 Å². The van der Waals surface area contributed by atoms with Crippen molar-refractivity contribution in [3.05, 3.63) is 28.8 Å². The van der Waals surface area contributed by atoms with Gasteiger partial charge in [-0.3, -0.25) is 0 Å². The van der Waals surface area contributed by atoms with Gasteiger partial charge in [-0.15, -0.1) is 0 Å². The first-order chi connectivity index (χ1) is 9.61. The maximum absolute atomic E-state index is 6.19. The predicted octanol–water partition coefficient (Wildman–Crippen LogP) is 4.39. The summed E-state index contributed by atoms with van der Waals surface area (Å²) in [7, 11) is 0. The van der Waals surface area contributed by atoms with Crippen LogP contribution in [0.1, 0.15) is 51.5 Å². The number of hydrogen-bond donors (Lipinski definition) is 1. The molecule has 1 aromatic carbocycles. The van der Waals surface area contributed by atoms with E-state index in [-0.39, 0.29) is 6.04 Å². The second-order valence-corrected chi connectivity index (χ2v) is 6.47. The fraction of sp³-hybridized carbons (Fsp3) is 0.647. The summed E-state index contributed by atoms with van der Waals surface area (Å²) in [6, 6.07) is 7.12. The van der Waals surface area contributed by atoms with Gasteiger partial charge in [0.25, 0.3) is 0 Å². The first kappa shape index (κ1) is 15.7. The Kier molecular flexibility index (Phi) is 5.74. The number of nitrogens with zero attached hydrogens (tertiary/aromatic N) is 1. The van der Waals surface area contributed by atoms with Crippen LogP contribution in [0.25, 0.3) is 0 Å². The topological polar surface area (TPSA) is 29.3 Å². The quantitative estimate of drug-likeness (QED) is 0.892. The molecule has 2 atom stereocenters. The molecule has 1 heterocycles. The lowest BCUT2D eigenvalue weighted by Gasteiger charge is -2.32. The summed E-state index contributed by atoms with van der Waals surface area (Å²) in [5.74, 6) is 0. The van der Waals surface area contributed by atoms with E-state index in [0.29, 0.717) is 6.04 Å². The van der Waals surface area contributed by atoms with Crippen LogP contribution < -0.4 is 10.6 Å². The lowest BCUT2D eigenvalue weighted by molar-refractivity contribution is 0.607. The second kappa shape index (κ2) is 7.33. The highest BCUT2D eigenvalue weighted by atomic mass is 35.5. The molecule has 0 saturated carbocycles. The minimum absolute atomic E-state index is 0.217. The average molecular weight is 295 g/mol. The van der Waals surface area contributed by atoms with Crippen molar-refractivity contribution < 1.29 is 0 Å². The van der Waals surface area contributed by atoms with Gasteiger partial charge in [0.05, 0.1) is 0 Å². The number of anilines is 1. The summed E-state index contributed by atoms with van der Waals surface area (Å²) in [4.78, 5) is 2.56. The number of halogens is 1. The van der Waals surface area contributed by atoms with Gasteiger partial charge < -0.3 is 10.6 Å². The van der Waals surface area contributed by atoms with Gasteiger partial charge in [-0.1, -0.05) is 31.4 Å². The standard InChI is InChI=1S/C17H27ClN2/c1-3-16(19)12-14-11-15(18)8-9-17(14)20-10-6-4-5-7-13(20)2/h8-9,11,13,16H,3-7,10,12,19H2,1-2H3. The van der Waals surface area contributed by atoms with E-state index in [1.54, 1.807) is 0 Å². The van der Waals surface area contributed by atoms with E-state index in [1.807, 2.05) is 6.07 Å². The van der Waals surface area contributed by atoms with E-state index in [1.165, 1.54) is 36.9 Å². The minimum atomic E-state index is 0.217. The van der Waals surface area contributed by atoms with Crippen molar-refractivity contribution in [1.29, 1.82) is 0 Å². The molecule has 20 heavy (non-hydrogen) atoms. The fourth-order valence-corrected chi connectivity index (χ4v) is 3.25. The lowest BCUT2D eigenvalue weighted by Crippen LogP contribution is -2.34. The third kappa shape index (κ3) is 3.89. The van der Waals surface area contributed by atoms with Crippen molar-refractivity contribution in [2.75, 3.05) is 11.4 Å². The third-order valence-corrected chi connectivity index (χ3v) is 4.65. The lowest BCUT2D eigenvalue weighted by atomic mass is 10.0. The van der Waals surface area contributed by atoms with Crippen LogP contribution in [0, 0.1) is 0 Å². The highest BCUT2D eigenvalue weighted by Crippen LogP contribution is 2.30. The largest absolute Gasteiger partial charge is 0.369 e. The number of benzene rings is 1. The Morgan fingerprint density at radius 2 is 2.15 bits per heavy atom. The molecule has 2 N–H and O–H groups in total. The molecule has 1 aliphatic rings. The molecule has 1 aromatic rings. The van der Waals surface area contributed by atoms with Gasteiger partial charge in [0, 0.05) is 29.3 Å². The molecule has 0 aliphatic carbocycles. The summed E-state index contributed by atoms with van der Waals surface area (Å²) < 4.78 is 0. The van der Waals surface area contributed by atoms with Gasteiger partial charge in [-0.2, -0.15) is 0 Å². The zero-order chi connectivity index (χ0) is 14.5. The summed E-state index contributed by atoms with van der Waals surface area (Å²) >= 11 is 6.19. The Hall–Kier alpha value is -0.730. The smallest absolute Gasteiger partial charge is 0.0410 e. The summed E-state index contributed by atoms with van der Waals surface area (Å²) in [6.07, 6.45) is 7.17. The molecule has 1 saturated heterocycles. The van der Waals surface area contributed by atoms with Gasteiger partial charge in [0.1, 0.15) is 0 Å². The van der Waals surface area contributed by atoms with Gasteiger partial charge in [0.2, 0.25) is 0 Å². The number of hydrogen-bond acceptors (Lipinski definition) is 2. The molecule has 2 nitrogen and oxygen atoms in total.